The molecule has 108 valence electrons. The third-order valence-electron chi connectivity index (χ3n) is 6.11. The van der Waals surface area contributed by atoms with Crippen LogP contribution in [-0.2, 0) is 6.42 Å². The predicted molar refractivity (Wildman–Crippen MR) is 79.3 cm³/mol. The van der Waals surface area contributed by atoms with Crippen LogP contribution in [-0.4, -0.2) is 11.2 Å². The monoisotopic (exact) mass is 272 g/mol. The smallest absolute Gasteiger partial charge is 0.127 e. The minimum atomic E-state index is 0.307. The summed E-state index contributed by atoms with van der Waals surface area (Å²) in [6.07, 6.45) is 4.97. The largest absolute Gasteiger partial charge is 0.508 e. The van der Waals surface area contributed by atoms with E-state index in [1.165, 1.54) is 18.4 Å². The van der Waals surface area contributed by atoms with Crippen molar-refractivity contribution in [2.75, 3.05) is 0 Å². The molecular weight excluding hydrogens is 248 g/mol. The fraction of sp³-hybridized carbons (Fsp3) is 0.667. The second-order valence-electron chi connectivity index (χ2n) is 7.49. The van der Waals surface area contributed by atoms with Crippen LogP contribution in [0.5, 0.6) is 11.5 Å². The van der Waals surface area contributed by atoms with E-state index in [0.29, 0.717) is 29.1 Å². The van der Waals surface area contributed by atoms with E-state index >= 15 is 0 Å². The fourth-order valence-corrected chi connectivity index (χ4v) is 5.29. The molecule has 2 aliphatic carbocycles. The van der Waals surface area contributed by atoms with Crippen LogP contribution in [0.2, 0.25) is 0 Å². The van der Waals surface area contributed by atoms with Crippen molar-refractivity contribution in [2.45, 2.75) is 58.5 Å². The van der Waals surface area contributed by atoms with Crippen LogP contribution in [0.1, 0.15) is 57.1 Å². The normalized spacial score (nSPS) is 35.8. The molecule has 2 nitrogen and oxygen atoms in total. The highest BCUT2D eigenvalue weighted by Gasteiger charge is 2.65. The lowest BCUT2D eigenvalue weighted by molar-refractivity contribution is -0.0797. The standard InChI is InChI=1S/C18H24O2/c1-4-5-10-8-12(19)16-14(9-10)20-13-7-6-11-15(13)17(16)18(11,2)3/h8-9,11,13,15,17,19H,4-7H2,1-3H3/t11?,13-,15+,17+/m1/s1. The van der Waals surface area contributed by atoms with Crippen molar-refractivity contribution in [2.24, 2.45) is 17.3 Å². The van der Waals surface area contributed by atoms with E-state index < -0.39 is 0 Å². The molecule has 4 atom stereocenters. The summed E-state index contributed by atoms with van der Waals surface area (Å²) in [6.45, 7) is 6.91. The lowest BCUT2D eigenvalue weighted by atomic mass is 9.46. The molecular formula is C18H24O2. The highest BCUT2D eigenvalue weighted by Crippen LogP contribution is 2.71. The van der Waals surface area contributed by atoms with Gasteiger partial charge in [0.15, 0.2) is 0 Å². The van der Waals surface area contributed by atoms with Gasteiger partial charge in [-0.3, -0.25) is 0 Å². The molecule has 2 fully saturated rings. The van der Waals surface area contributed by atoms with Gasteiger partial charge in [0.2, 0.25) is 0 Å². The van der Waals surface area contributed by atoms with Gasteiger partial charge in [-0.25, -0.2) is 0 Å². The SMILES string of the molecule is CCCc1cc(O)c2c(c1)O[C@@H]1CCC3[C@@H]1[C@@H]2C3(C)C. The van der Waals surface area contributed by atoms with E-state index in [9.17, 15) is 5.11 Å². The Labute approximate surface area is 121 Å². The number of aryl methyl sites for hydroxylation is 1. The quantitative estimate of drug-likeness (QED) is 0.872. The van der Waals surface area contributed by atoms with E-state index in [1.54, 1.807) is 0 Å². The van der Waals surface area contributed by atoms with Crippen LogP contribution in [0, 0.1) is 17.3 Å². The summed E-state index contributed by atoms with van der Waals surface area (Å²) in [5.74, 6) is 3.33. The van der Waals surface area contributed by atoms with Crippen molar-refractivity contribution in [3.8, 4) is 11.5 Å². The number of ether oxygens (including phenoxy) is 1. The Balaban J connectivity index is 1.83. The number of aromatic hydroxyl groups is 1. The van der Waals surface area contributed by atoms with Crippen LogP contribution < -0.4 is 4.74 Å². The average molecular weight is 272 g/mol. The molecule has 0 radical (unpaired) electrons. The lowest BCUT2D eigenvalue weighted by Crippen LogP contribution is -2.55. The van der Waals surface area contributed by atoms with Gasteiger partial charge < -0.3 is 9.84 Å². The summed E-state index contributed by atoms with van der Waals surface area (Å²) in [6, 6.07) is 4.14. The third-order valence-corrected chi connectivity index (χ3v) is 6.11. The maximum absolute atomic E-state index is 10.5. The number of hydrogen-bond acceptors (Lipinski definition) is 2. The Hall–Kier alpha value is -1.18. The number of fused-ring (bicyclic) bond motifs is 2. The van der Waals surface area contributed by atoms with Crippen molar-refractivity contribution in [3.63, 3.8) is 0 Å². The van der Waals surface area contributed by atoms with Gasteiger partial charge in [-0.1, -0.05) is 27.2 Å². The number of hydrogen-bond donors (Lipinski definition) is 1. The molecule has 1 aliphatic heterocycles. The fourth-order valence-electron chi connectivity index (χ4n) is 5.29. The van der Waals surface area contributed by atoms with Gasteiger partial charge >= 0.3 is 0 Å². The highest BCUT2D eigenvalue weighted by molar-refractivity contribution is 5.54. The molecule has 0 bridgehead atoms. The molecule has 1 N–H and O–H groups in total. The first-order valence-corrected chi connectivity index (χ1v) is 8.06. The van der Waals surface area contributed by atoms with Crippen LogP contribution in [0.3, 0.4) is 0 Å². The lowest BCUT2D eigenvalue weighted by Gasteiger charge is -2.59. The molecule has 1 aromatic carbocycles. The predicted octanol–water partition coefficient (Wildman–Crippen LogP) is 4.26. The average Bonchev–Trinajstić information content (AvgIpc) is 2.79. The summed E-state index contributed by atoms with van der Waals surface area (Å²) in [4.78, 5) is 0. The maximum atomic E-state index is 10.5. The molecule has 0 spiro atoms. The summed E-state index contributed by atoms with van der Waals surface area (Å²) in [7, 11) is 0. The molecule has 20 heavy (non-hydrogen) atoms. The van der Waals surface area contributed by atoms with Crippen molar-refractivity contribution in [1.29, 1.82) is 0 Å². The molecule has 1 heterocycles. The zero-order valence-electron chi connectivity index (χ0n) is 12.6. The summed E-state index contributed by atoms with van der Waals surface area (Å²) >= 11 is 0. The Morgan fingerprint density at radius 2 is 2.10 bits per heavy atom. The van der Waals surface area contributed by atoms with Crippen molar-refractivity contribution >= 4 is 0 Å². The first-order valence-electron chi connectivity index (χ1n) is 8.06. The summed E-state index contributed by atoms with van der Waals surface area (Å²) in [5, 5.41) is 10.5. The van der Waals surface area contributed by atoms with Crippen LogP contribution >= 0.6 is 0 Å². The van der Waals surface area contributed by atoms with Crippen LogP contribution in [0.15, 0.2) is 12.1 Å². The first-order chi connectivity index (χ1) is 9.54. The van der Waals surface area contributed by atoms with Crippen LogP contribution in [0.25, 0.3) is 0 Å². The zero-order valence-corrected chi connectivity index (χ0v) is 12.6. The van der Waals surface area contributed by atoms with E-state index in [2.05, 4.69) is 26.8 Å². The van der Waals surface area contributed by atoms with Crippen molar-refractivity contribution < 1.29 is 9.84 Å². The molecule has 3 aliphatic rings. The van der Waals surface area contributed by atoms with Gasteiger partial charge in [-0.05, 0) is 48.3 Å². The Morgan fingerprint density at radius 1 is 1.30 bits per heavy atom. The number of phenolic OH excluding ortho intramolecular Hbond substituents is 1. The number of rotatable bonds is 2. The van der Waals surface area contributed by atoms with Gasteiger partial charge in [0.25, 0.3) is 0 Å². The second-order valence-corrected chi connectivity index (χ2v) is 7.49. The van der Waals surface area contributed by atoms with Gasteiger partial charge in [0.05, 0.1) is 0 Å². The molecule has 2 saturated carbocycles. The maximum Gasteiger partial charge on any atom is 0.127 e. The van der Waals surface area contributed by atoms with Crippen molar-refractivity contribution in [1.82, 2.24) is 0 Å². The minimum absolute atomic E-state index is 0.307. The second kappa shape index (κ2) is 3.93. The van der Waals surface area contributed by atoms with Gasteiger partial charge in [0.1, 0.15) is 17.6 Å². The molecule has 2 heteroatoms. The molecule has 4 rings (SSSR count). The van der Waals surface area contributed by atoms with Gasteiger partial charge in [-0.2, -0.15) is 0 Å². The summed E-state index contributed by atoms with van der Waals surface area (Å²) < 4.78 is 6.26. The highest BCUT2D eigenvalue weighted by atomic mass is 16.5. The third kappa shape index (κ3) is 1.40. The van der Waals surface area contributed by atoms with E-state index in [-0.39, 0.29) is 0 Å². The zero-order chi connectivity index (χ0) is 14.1. The Kier molecular flexibility index (Phi) is 2.47. The Bertz CT molecular complexity index is 561. The topological polar surface area (TPSA) is 29.5 Å². The van der Waals surface area contributed by atoms with Gasteiger partial charge in [-0.15, -0.1) is 0 Å². The number of benzene rings is 1. The molecule has 1 aromatic rings. The molecule has 0 saturated heterocycles. The first kappa shape index (κ1) is 12.6. The van der Waals surface area contributed by atoms with E-state index in [1.807, 2.05) is 6.07 Å². The van der Waals surface area contributed by atoms with Crippen LogP contribution in [0.4, 0.5) is 0 Å². The summed E-state index contributed by atoms with van der Waals surface area (Å²) in [5.41, 5.74) is 2.60. The molecule has 1 unspecified atom stereocenters. The number of phenols is 1. The molecule has 0 amide bonds. The van der Waals surface area contributed by atoms with Gasteiger partial charge in [0, 0.05) is 17.4 Å². The van der Waals surface area contributed by atoms with E-state index in [4.69, 9.17) is 4.74 Å². The van der Waals surface area contributed by atoms with Crippen molar-refractivity contribution in [3.05, 3.63) is 23.3 Å². The Morgan fingerprint density at radius 3 is 2.85 bits per heavy atom. The molecule has 0 aromatic heterocycles. The van der Waals surface area contributed by atoms with E-state index in [0.717, 1.165) is 30.1 Å². The minimum Gasteiger partial charge on any atom is -0.508 e.